The van der Waals surface area contributed by atoms with Gasteiger partial charge in [0.1, 0.15) is 11.6 Å². The van der Waals surface area contributed by atoms with Gasteiger partial charge in [0.15, 0.2) is 19.7 Å². The molecule has 0 aromatic heterocycles. The van der Waals surface area contributed by atoms with Gasteiger partial charge in [-0.25, -0.2) is 16.8 Å². The van der Waals surface area contributed by atoms with Crippen molar-refractivity contribution in [3.8, 4) is 6.07 Å². The third kappa shape index (κ3) is 5.18. The van der Waals surface area contributed by atoms with Gasteiger partial charge >= 0.3 is 0 Å². The van der Waals surface area contributed by atoms with Gasteiger partial charge in [0.25, 0.3) is 5.91 Å². The molecule has 130 valence electrons. The van der Waals surface area contributed by atoms with E-state index < -0.39 is 25.6 Å². The van der Waals surface area contributed by atoms with Crippen molar-refractivity contribution in [1.82, 2.24) is 5.32 Å². The average Bonchev–Trinajstić information content (AvgIpc) is 2.48. The summed E-state index contributed by atoms with van der Waals surface area (Å²) in [4.78, 5) is 11.6. The van der Waals surface area contributed by atoms with Crippen LogP contribution in [0.3, 0.4) is 0 Å². The summed E-state index contributed by atoms with van der Waals surface area (Å²) >= 11 is 0. The summed E-state index contributed by atoms with van der Waals surface area (Å²) in [6, 6.07) is 5.16. The van der Waals surface area contributed by atoms with Crippen molar-refractivity contribution >= 4 is 31.7 Å². The largest absolute Gasteiger partial charge is 0.351 e. The molecular formula is C15H18N2O5S2. The molecule has 0 atom stereocenters. The molecule has 0 aliphatic heterocycles. The Kier molecular flexibility index (Phi) is 6.29. The van der Waals surface area contributed by atoms with Crippen molar-refractivity contribution in [2.75, 3.05) is 19.1 Å². The maximum Gasteiger partial charge on any atom is 0.261 e. The quantitative estimate of drug-likeness (QED) is 0.587. The standard InChI is InChI=1S/C15H18N2O5S2/c1-4-7-17-15(18)12(10-16)8-11-9-13(23(2,19)20)5-6-14(11)24(3,21)22/h5-6,8-9H,4,7H2,1-3H3,(H,17,18)/b12-8-. The molecule has 1 amide bonds. The molecule has 0 spiro atoms. The monoisotopic (exact) mass is 370 g/mol. The van der Waals surface area contributed by atoms with Crippen LogP contribution in [0.1, 0.15) is 18.9 Å². The van der Waals surface area contributed by atoms with Crippen molar-refractivity contribution in [2.45, 2.75) is 23.1 Å². The number of benzene rings is 1. The van der Waals surface area contributed by atoms with Crippen molar-refractivity contribution in [2.24, 2.45) is 0 Å². The van der Waals surface area contributed by atoms with E-state index in [1.807, 2.05) is 6.92 Å². The summed E-state index contributed by atoms with van der Waals surface area (Å²) in [6.45, 7) is 2.20. The maximum absolute atomic E-state index is 11.9. The van der Waals surface area contributed by atoms with Gasteiger partial charge in [-0.2, -0.15) is 5.26 Å². The first-order chi connectivity index (χ1) is 11.0. The molecular weight excluding hydrogens is 352 g/mol. The smallest absolute Gasteiger partial charge is 0.261 e. The minimum Gasteiger partial charge on any atom is -0.351 e. The van der Waals surface area contributed by atoms with Crippen LogP contribution in [0.15, 0.2) is 33.6 Å². The SMILES string of the molecule is CCCNC(=O)/C(C#N)=C\c1cc(S(C)(=O)=O)ccc1S(C)(=O)=O. The van der Waals surface area contributed by atoms with Crippen molar-refractivity contribution < 1.29 is 21.6 Å². The molecule has 0 aliphatic rings. The fourth-order valence-electron chi connectivity index (χ4n) is 1.85. The summed E-state index contributed by atoms with van der Waals surface area (Å²) in [6.07, 6.45) is 3.69. The predicted octanol–water partition coefficient (Wildman–Crippen LogP) is 0.927. The van der Waals surface area contributed by atoms with Crippen LogP contribution in [-0.2, 0) is 24.5 Å². The van der Waals surface area contributed by atoms with Gasteiger partial charge in [0, 0.05) is 19.1 Å². The normalized spacial score (nSPS) is 12.5. The third-order valence-electron chi connectivity index (χ3n) is 3.01. The van der Waals surface area contributed by atoms with Gasteiger partial charge in [-0.1, -0.05) is 6.92 Å². The Labute approximate surface area is 141 Å². The van der Waals surface area contributed by atoms with Crippen LogP contribution in [0.25, 0.3) is 6.08 Å². The Hall–Kier alpha value is -2.18. The van der Waals surface area contributed by atoms with Gasteiger partial charge in [0.2, 0.25) is 0 Å². The van der Waals surface area contributed by atoms with Gasteiger partial charge < -0.3 is 5.32 Å². The molecule has 1 aromatic rings. The van der Waals surface area contributed by atoms with Crippen LogP contribution in [-0.4, -0.2) is 41.8 Å². The van der Waals surface area contributed by atoms with E-state index in [0.29, 0.717) is 13.0 Å². The van der Waals surface area contributed by atoms with Gasteiger partial charge in [-0.3, -0.25) is 4.79 Å². The molecule has 1 rings (SSSR count). The number of carbonyl (C=O) groups is 1. The van der Waals surface area contributed by atoms with Gasteiger partial charge in [-0.15, -0.1) is 0 Å². The second-order valence-corrected chi connectivity index (χ2v) is 9.17. The first-order valence-electron chi connectivity index (χ1n) is 6.95. The molecule has 0 saturated heterocycles. The minimum atomic E-state index is -3.67. The summed E-state index contributed by atoms with van der Waals surface area (Å²) in [5.74, 6) is -0.649. The lowest BCUT2D eigenvalue weighted by molar-refractivity contribution is -0.117. The molecule has 9 heteroatoms. The summed E-state index contributed by atoms with van der Waals surface area (Å²) in [5.41, 5.74) is -0.331. The summed E-state index contributed by atoms with van der Waals surface area (Å²) in [5, 5.41) is 11.6. The lowest BCUT2D eigenvalue weighted by Gasteiger charge is -2.08. The van der Waals surface area contributed by atoms with E-state index in [2.05, 4.69) is 5.32 Å². The Morgan fingerprint density at radius 1 is 1.21 bits per heavy atom. The van der Waals surface area contributed by atoms with Crippen LogP contribution in [0.5, 0.6) is 0 Å². The molecule has 1 aromatic carbocycles. The minimum absolute atomic E-state index is 0.0244. The van der Waals surface area contributed by atoms with Crippen LogP contribution in [0, 0.1) is 11.3 Å². The molecule has 1 N–H and O–H groups in total. The summed E-state index contributed by atoms with van der Waals surface area (Å²) in [7, 11) is -7.24. The lowest BCUT2D eigenvalue weighted by Crippen LogP contribution is -2.25. The molecule has 0 aliphatic carbocycles. The van der Waals surface area contributed by atoms with Crippen molar-refractivity contribution in [3.05, 3.63) is 29.3 Å². The molecule has 0 radical (unpaired) electrons. The highest BCUT2D eigenvalue weighted by atomic mass is 32.2. The topological polar surface area (TPSA) is 121 Å². The Balaban J connectivity index is 3.56. The number of nitriles is 1. The van der Waals surface area contributed by atoms with E-state index in [0.717, 1.165) is 30.7 Å². The number of rotatable bonds is 6. The zero-order valence-electron chi connectivity index (χ0n) is 13.5. The molecule has 0 fully saturated rings. The Morgan fingerprint density at radius 3 is 2.29 bits per heavy atom. The van der Waals surface area contributed by atoms with Crippen LogP contribution >= 0.6 is 0 Å². The average molecular weight is 370 g/mol. The number of hydrogen-bond acceptors (Lipinski definition) is 6. The highest BCUT2D eigenvalue weighted by Crippen LogP contribution is 2.23. The zero-order chi connectivity index (χ0) is 18.5. The predicted molar refractivity (Wildman–Crippen MR) is 89.6 cm³/mol. The number of amides is 1. The van der Waals surface area contributed by atoms with E-state index in [9.17, 15) is 21.6 Å². The highest BCUT2D eigenvalue weighted by molar-refractivity contribution is 7.91. The summed E-state index contributed by atoms with van der Waals surface area (Å²) < 4.78 is 47.1. The second kappa shape index (κ2) is 7.59. The molecule has 0 heterocycles. The Morgan fingerprint density at radius 2 is 1.83 bits per heavy atom. The Bertz CT molecular complexity index is 923. The lowest BCUT2D eigenvalue weighted by atomic mass is 10.1. The number of nitrogens with one attached hydrogen (secondary N) is 1. The van der Waals surface area contributed by atoms with Crippen molar-refractivity contribution in [3.63, 3.8) is 0 Å². The first-order valence-corrected chi connectivity index (χ1v) is 10.7. The highest BCUT2D eigenvalue weighted by Gasteiger charge is 2.18. The fraction of sp³-hybridized carbons (Fsp3) is 0.333. The van der Waals surface area contributed by atoms with Gasteiger partial charge in [0.05, 0.1) is 9.79 Å². The number of nitrogens with zero attached hydrogens (tertiary/aromatic N) is 1. The van der Waals surface area contributed by atoms with E-state index in [4.69, 9.17) is 5.26 Å². The fourth-order valence-corrected chi connectivity index (χ4v) is 3.36. The zero-order valence-corrected chi connectivity index (χ0v) is 15.2. The third-order valence-corrected chi connectivity index (χ3v) is 5.29. The van der Waals surface area contributed by atoms with Crippen LogP contribution < -0.4 is 5.32 Å². The van der Waals surface area contributed by atoms with E-state index in [1.165, 1.54) is 6.07 Å². The van der Waals surface area contributed by atoms with Crippen LogP contribution in [0.4, 0.5) is 0 Å². The maximum atomic E-state index is 11.9. The van der Waals surface area contributed by atoms with Gasteiger partial charge in [-0.05, 0) is 36.3 Å². The number of sulfone groups is 2. The van der Waals surface area contributed by atoms with E-state index in [1.54, 1.807) is 6.07 Å². The van der Waals surface area contributed by atoms with Crippen molar-refractivity contribution in [1.29, 1.82) is 5.26 Å². The van der Waals surface area contributed by atoms with E-state index >= 15 is 0 Å². The van der Waals surface area contributed by atoms with E-state index in [-0.39, 0.29) is 20.9 Å². The molecule has 24 heavy (non-hydrogen) atoms. The van der Waals surface area contributed by atoms with Crippen LogP contribution in [0.2, 0.25) is 0 Å². The number of hydrogen-bond donors (Lipinski definition) is 1. The molecule has 0 saturated carbocycles. The molecule has 7 nitrogen and oxygen atoms in total. The number of carbonyl (C=O) groups excluding carboxylic acids is 1. The molecule has 0 unspecified atom stereocenters. The second-order valence-electron chi connectivity index (χ2n) is 5.17. The first kappa shape index (κ1) is 19.9. The molecule has 0 bridgehead atoms.